The highest BCUT2D eigenvalue weighted by Crippen LogP contribution is 2.24. The van der Waals surface area contributed by atoms with E-state index >= 15 is 0 Å². The average molecular weight is 312 g/mol. The van der Waals surface area contributed by atoms with Crippen molar-refractivity contribution in [1.82, 2.24) is 15.3 Å². The Hall–Kier alpha value is -1.56. The molecule has 0 spiro atoms. The SMILES string of the molecule is CCCCNC(=O)C1CCN(c2cc(Cl)nc(N)n2)CC1. The molecule has 1 fully saturated rings. The van der Waals surface area contributed by atoms with Crippen molar-refractivity contribution in [3.63, 3.8) is 0 Å². The van der Waals surface area contributed by atoms with Crippen LogP contribution in [0.25, 0.3) is 0 Å². The number of halogens is 1. The summed E-state index contributed by atoms with van der Waals surface area (Å²) in [7, 11) is 0. The number of unbranched alkanes of at least 4 members (excludes halogenated alkanes) is 1. The summed E-state index contributed by atoms with van der Waals surface area (Å²) in [5.74, 6) is 1.17. The fourth-order valence-electron chi connectivity index (χ4n) is 2.49. The summed E-state index contributed by atoms with van der Waals surface area (Å²) in [5, 5.41) is 3.35. The van der Waals surface area contributed by atoms with Gasteiger partial charge in [-0.1, -0.05) is 24.9 Å². The van der Waals surface area contributed by atoms with Crippen LogP contribution in [-0.2, 0) is 4.79 Å². The van der Waals surface area contributed by atoms with Crippen molar-refractivity contribution < 1.29 is 4.79 Å². The van der Waals surface area contributed by atoms with Crippen LogP contribution in [0.4, 0.5) is 11.8 Å². The van der Waals surface area contributed by atoms with E-state index in [1.54, 1.807) is 6.07 Å². The Morgan fingerprint density at radius 2 is 2.19 bits per heavy atom. The highest BCUT2D eigenvalue weighted by atomic mass is 35.5. The molecule has 0 unspecified atom stereocenters. The van der Waals surface area contributed by atoms with Crippen LogP contribution in [0.3, 0.4) is 0 Å². The quantitative estimate of drug-likeness (QED) is 0.640. The topological polar surface area (TPSA) is 84.1 Å². The van der Waals surface area contributed by atoms with Crippen molar-refractivity contribution in [2.75, 3.05) is 30.3 Å². The molecule has 0 aromatic carbocycles. The molecular weight excluding hydrogens is 290 g/mol. The summed E-state index contributed by atoms with van der Waals surface area (Å²) in [6.45, 7) is 4.44. The largest absolute Gasteiger partial charge is 0.368 e. The van der Waals surface area contributed by atoms with Gasteiger partial charge in [0.05, 0.1) is 0 Å². The molecule has 2 heterocycles. The molecule has 7 heteroatoms. The third kappa shape index (κ3) is 4.46. The van der Waals surface area contributed by atoms with E-state index < -0.39 is 0 Å². The third-order valence-electron chi connectivity index (χ3n) is 3.72. The summed E-state index contributed by atoms with van der Waals surface area (Å²) in [6, 6.07) is 1.71. The molecule has 0 bridgehead atoms. The molecule has 0 aliphatic carbocycles. The molecule has 0 atom stereocenters. The van der Waals surface area contributed by atoms with E-state index in [1.807, 2.05) is 0 Å². The van der Waals surface area contributed by atoms with Crippen molar-refractivity contribution in [3.8, 4) is 0 Å². The minimum Gasteiger partial charge on any atom is -0.368 e. The molecule has 1 aromatic rings. The van der Waals surface area contributed by atoms with Crippen LogP contribution in [0.2, 0.25) is 5.15 Å². The van der Waals surface area contributed by atoms with Gasteiger partial charge < -0.3 is 16.0 Å². The number of nitrogens with zero attached hydrogens (tertiary/aromatic N) is 3. The van der Waals surface area contributed by atoms with Gasteiger partial charge in [-0.3, -0.25) is 4.79 Å². The van der Waals surface area contributed by atoms with Crippen LogP contribution in [-0.4, -0.2) is 35.5 Å². The zero-order valence-electron chi connectivity index (χ0n) is 12.3. The van der Waals surface area contributed by atoms with Crippen LogP contribution in [0, 0.1) is 5.92 Å². The van der Waals surface area contributed by atoms with E-state index in [1.165, 1.54) is 0 Å². The van der Waals surface area contributed by atoms with Gasteiger partial charge in [-0.2, -0.15) is 4.98 Å². The van der Waals surface area contributed by atoms with E-state index in [9.17, 15) is 4.79 Å². The Bertz CT molecular complexity index is 468. The van der Waals surface area contributed by atoms with Gasteiger partial charge in [0.15, 0.2) is 0 Å². The fraction of sp³-hybridized carbons (Fsp3) is 0.643. The molecule has 116 valence electrons. The molecule has 1 aliphatic rings. The van der Waals surface area contributed by atoms with Crippen molar-refractivity contribution in [3.05, 3.63) is 11.2 Å². The van der Waals surface area contributed by atoms with Gasteiger partial charge in [0, 0.05) is 31.6 Å². The molecule has 2 rings (SSSR count). The Kier molecular flexibility index (Phi) is 5.61. The first kappa shape index (κ1) is 15.8. The highest BCUT2D eigenvalue weighted by molar-refractivity contribution is 6.29. The molecule has 6 nitrogen and oxygen atoms in total. The van der Waals surface area contributed by atoms with E-state index in [0.717, 1.165) is 51.1 Å². The second-order valence-corrected chi connectivity index (χ2v) is 5.70. The van der Waals surface area contributed by atoms with Crippen LogP contribution < -0.4 is 16.0 Å². The summed E-state index contributed by atoms with van der Waals surface area (Å²) in [4.78, 5) is 22.2. The first-order chi connectivity index (χ1) is 10.1. The number of hydrogen-bond donors (Lipinski definition) is 2. The van der Waals surface area contributed by atoms with Gasteiger partial charge in [-0.05, 0) is 19.3 Å². The number of nitrogen functional groups attached to an aromatic ring is 1. The summed E-state index contributed by atoms with van der Waals surface area (Å²) < 4.78 is 0. The van der Waals surface area contributed by atoms with E-state index in [-0.39, 0.29) is 17.8 Å². The average Bonchev–Trinajstić information content (AvgIpc) is 2.46. The normalized spacial score (nSPS) is 16.0. The second-order valence-electron chi connectivity index (χ2n) is 5.31. The van der Waals surface area contributed by atoms with Gasteiger partial charge in [0.1, 0.15) is 11.0 Å². The molecule has 3 N–H and O–H groups in total. The maximum absolute atomic E-state index is 12.0. The fourth-order valence-corrected chi connectivity index (χ4v) is 2.67. The number of piperidine rings is 1. The number of hydrogen-bond acceptors (Lipinski definition) is 5. The van der Waals surface area contributed by atoms with Crippen molar-refractivity contribution in [2.24, 2.45) is 5.92 Å². The van der Waals surface area contributed by atoms with Gasteiger partial charge in [0.2, 0.25) is 11.9 Å². The minimum atomic E-state index is 0.0905. The van der Waals surface area contributed by atoms with Crippen molar-refractivity contribution in [2.45, 2.75) is 32.6 Å². The monoisotopic (exact) mass is 311 g/mol. The summed E-state index contributed by atoms with van der Waals surface area (Å²) >= 11 is 5.90. The Balaban J connectivity index is 1.86. The second kappa shape index (κ2) is 7.45. The molecule has 0 radical (unpaired) electrons. The molecule has 1 aromatic heterocycles. The number of carbonyl (C=O) groups excluding carboxylic acids is 1. The smallest absolute Gasteiger partial charge is 0.223 e. The molecule has 1 saturated heterocycles. The first-order valence-corrected chi connectivity index (χ1v) is 7.80. The summed E-state index contributed by atoms with van der Waals surface area (Å²) in [6.07, 6.45) is 3.76. The van der Waals surface area contributed by atoms with Gasteiger partial charge in [-0.25, -0.2) is 4.98 Å². The minimum absolute atomic E-state index is 0.0905. The lowest BCUT2D eigenvalue weighted by molar-refractivity contribution is -0.125. The molecular formula is C14H22ClN5O. The van der Waals surface area contributed by atoms with Crippen LogP contribution >= 0.6 is 11.6 Å². The molecule has 1 amide bonds. The number of nitrogens with two attached hydrogens (primary N) is 1. The molecule has 1 aliphatic heterocycles. The lowest BCUT2D eigenvalue weighted by Crippen LogP contribution is -2.41. The summed E-state index contributed by atoms with van der Waals surface area (Å²) in [5.41, 5.74) is 5.61. The van der Waals surface area contributed by atoms with Crippen molar-refractivity contribution >= 4 is 29.3 Å². The standard InChI is InChI=1S/C14H22ClN5O/c1-2-3-6-17-13(21)10-4-7-20(8-5-10)12-9-11(15)18-14(16)19-12/h9-10H,2-8H2,1H3,(H,17,21)(H2,16,18,19). The maximum atomic E-state index is 12.0. The zero-order valence-corrected chi connectivity index (χ0v) is 13.1. The van der Waals surface area contributed by atoms with Crippen LogP contribution in [0.15, 0.2) is 6.07 Å². The maximum Gasteiger partial charge on any atom is 0.223 e. The highest BCUT2D eigenvalue weighted by Gasteiger charge is 2.25. The number of rotatable bonds is 5. The lowest BCUT2D eigenvalue weighted by atomic mass is 9.96. The van der Waals surface area contributed by atoms with Crippen LogP contribution in [0.5, 0.6) is 0 Å². The van der Waals surface area contributed by atoms with Gasteiger partial charge >= 0.3 is 0 Å². The predicted molar refractivity (Wildman–Crippen MR) is 84.3 cm³/mol. The number of aromatic nitrogens is 2. The van der Waals surface area contributed by atoms with Gasteiger partial charge in [0.25, 0.3) is 0 Å². The molecule has 0 saturated carbocycles. The van der Waals surface area contributed by atoms with Gasteiger partial charge in [-0.15, -0.1) is 0 Å². The number of nitrogens with one attached hydrogen (secondary N) is 1. The van der Waals surface area contributed by atoms with E-state index in [2.05, 4.69) is 27.1 Å². The number of anilines is 2. The van der Waals surface area contributed by atoms with E-state index in [4.69, 9.17) is 17.3 Å². The predicted octanol–water partition coefficient (Wildman–Crippen LogP) is 1.84. The van der Waals surface area contributed by atoms with Crippen LogP contribution in [0.1, 0.15) is 32.6 Å². The number of carbonyl (C=O) groups is 1. The van der Waals surface area contributed by atoms with Crippen molar-refractivity contribution in [1.29, 1.82) is 0 Å². The first-order valence-electron chi connectivity index (χ1n) is 7.43. The lowest BCUT2D eigenvalue weighted by Gasteiger charge is -2.32. The Morgan fingerprint density at radius 1 is 1.48 bits per heavy atom. The van der Waals surface area contributed by atoms with E-state index in [0.29, 0.717) is 5.15 Å². The number of amides is 1. The molecule has 21 heavy (non-hydrogen) atoms. The Labute approximate surface area is 130 Å². The third-order valence-corrected chi connectivity index (χ3v) is 3.91. The zero-order chi connectivity index (χ0) is 15.2. The Morgan fingerprint density at radius 3 is 2.81 bits per heavy atom.